The number of anilines is 1. The minimum Gasteiger partial charge on any atom is -0.493 e. The molecule has 0 aliphatic heterocycles. The van der Waals surface area contributed by atoms with E-state index in [4.69, 9.17) is 27.9 Å². The standard InChI is InChI=1S/C20H19Cl2N3OS/c1-2-3-10-26-19-7-5-4-6-14(19)12-23-25-20-24-18(13-27-20)16-9-8-15(21)11-17(16)22/h4-9,11-13H,2-3,10H2,1H3,(H,24,25)/b23-12-. The van der Waals surface area contributed by atoms with Crippen molar-refractivity contribution in [2.45, 2.75) is 19.8 Å². The van der Waals surface area contributed by atoms with Crippen LogP contribution < -0.4 is 10.2 Å². The van der Waals surface area contributed by atoms with E-state index in [1.165, 1.54) is 11.3 Å². The number of benzene rings is 2. The predicted molar refractivity (Wildman–Crippen MR) is 116 cm³/mol. The van der Waals surface area contributed by atoms with Gasteiger partial charge in [-0.2, -0.15) is 5.10 Å². The molecule has 0 bridgehead atoms. The van der Waals surface area contributed by atoms with Gasteiger partial charge < -0.3 is 4.74 Å². The molecule has 1 heterocycles. The summed E-state index contributed by atoms with van der Waals surface area (Å²) in [5.41, 5.74) is 5.49. The van der Waals surface area contributed by atoms with Crippen LogP contribution in [0.3, 0.4) is 0 Å². The molecule has 4 nitrogen and oxygen atoms in total. The Labute approximate surface area is 172 Å². The molecule has 0 atom stereocenters. The zero-order valence-corrected chi connectivity index (χ0v) is 17.1. The van der Waals surface area contributed by atoms with Gasteiger partial charge in [0.05, 0.1) is 23.5 Å². The number of unbranched alkanes of at least 4 members (excludes halogenated alkanes) is 1. The van der Waals surface area contributed by atoms with Gasteiger partial charge in [-0.1, -0.05) is 48.7 Å². The number of hydrogen-bond donors (Lipinski definition) is 1. The first-order valence-corrected chi connectivity index (χ1v) is 10.2. The molecule has 1 N–H and O–H groups in total. The van der Waals surface area contributed by atoms with Crippen LogP contribution in [0.1, 0.15) is 25.3 Å². The van der Waals surface area contributed by atoms with E-state index in [2.05, 4.69) is 22.4 Å². The molecule has 3 rings (SSSR count). The van der Waals surface area contributed by atoms with Gasteiger partial charge in [-0.25, -0.2) is 4.98 Å². The highest BCUT2D eigenvalue weighted by Gasteiger charge is 2.08. The van der Waals surface area contributed by atoms with Gasteiger partial charge in [-0.15, -0.1) is 11.3 Å². The van der Waals surface area contributed by atoms with Gasteiger partial charge in [-0.05, 0) is 36.8 Å². The van der Waals surface area contributed by atoms with Crippen LogP contribution in [0.2, 0.25) is 10.0 Å². The molecule has 0 saturated carbocycles. The molecular formula is C20H19Cl2N3OS. The molecule has 0 radical (unpaired) electrons. The van der Waals surface area contributed by atoms with E-state index in [-0.39, 0.29) is 0 Å². The average molecular weight is 420 g/mol. The van der Waals surface area contributed by atoms with Crippen LogP contribution in [0.15, 0.2) is 52.9 Å². The van der Waals surface area contributed by atoms with Crippen LogP contribution in [0, 0.1) is 0 Å². The number of nitrogens with one attached hydrogen (secondary N) is 1. The Kier molecular flexibility index (Phi) is 7.10. The Morgan fingerprint density at radius 2 is 2.07 bits per heavy atom. The molecule has 0 aliphatic carbocycles. The third kappa shape index (κ3) is 5.45. The molecular weight excluding hydrogens is 401 g/mol. The van der Waals surface area contributed by atoms with Gasteiger partial charge in [0.25, 0.3) is 0 Å². The fourth-order valence-corrected chi connectivity index (χ4v) is 3.51. The van der Waals surface area contributed by atoms with Gasteiger partial charge in [-0.3, -0.25) is 5.43 Å². The Morgan fingerprint density at radius 1 is 1.22 bits per heavy atom. The monoisotopic (exact) mass is 419 g/mol. The van der Waals surface area contributed by atoms with Crippen molar-refractivity contribution in [1.82, 2.24) is 4.98 Å². The van der Waals surface area contributed by atoms with Gasteiger partial charge >= 0.3 is 0 Å². The van der Waals surface area contributed by atoms with Crippen LogP contribution >= 0.6 is 34.5 Å². The van der Waals surface area contributed by atoms with Crippen molar-refractivity contribution in [1.29, 1.82) is 0 Å². The number of halogens is 2. The lowest BCUT2D eigenvalue weighted by atomic mass is 10.2. The fourth-order valence-electron chi connectivity index (χ4n) is 2.35. The summed E-state index contributed by atoms with van der Waals surface area (Å²) in [6, 6.07) is 13.2. The van der Waals surface area contributed by atoms with E-state index in [1.54, 1.807) is 18.3 Å². The predicted octanol–water partition coefficient (Wildman–Crippen LogP) is 6.74. The Balaban J connectivity index is 1.67. The number of aromatic nitrogens is 1. The van der Waals surface area contributed by atoms with Crippen molar-refractivity contribution >= 4 is 45.9 Å². The SMILES string of the molecule is CCCCOc1ccccc1/C=N\Nc1nc(-c2ccc(Cl)cc2Cl)cs1. The van der Waals surface area contributed by atoms with Crippen LogP contribution in [0.25, 0.3) is 11.3 Å². The topological polar surface area (TPSA) is 46.5 Å². The van der Waals surface area contributed by atoms with Crippen molar-refractivity contribution in [2.24, 2.45) is 5.10 Å². The van der Waals surface area contributed by atoms with Crippen LogP contribution in [0.5, 0.6) is 5.75 Å². The summed E-state index contributed by atoms with van der Waals surface area (Å²) in [5, 5.41) is 8.06. The molecule has 0 spiro atoms. The number of ether oxygens (including phenoxy) is 1. The third-order valence-electron chi connectivity index (χ3n) is 3.75. The van der Waals surface area contributed by atoms with Gasteiger partial charge in [0, 0.05) is 21.5 Å². The van der Waals surface area contributed by atoms with Crippen LogP contribution in [0.4, 0.5) is 5.13 Å². The van der Waals surface area contributed by atoms with Crippen LogP contribution in [-0.2, 0) is 0 Å². The summed E-state index contributed by atoms with van der Waals surface area (Å²) in [7, 11) is 0. The van der Waals surface area contributed by atoms with E-state index in [0.29, 0.717) is 21.8 Å². The Bertz CT molecular complexity index is 927. The Hall–Kier alpha value is -2.08. The fraction of sp³-hybridized carbons (Fsp3) is 0.200. The summed E-state index contributed by atoms with van der Waals surface area (Å²) < 4.78 is 5.81. The summed E-state index contributed by atoms with van der Waals surface area (Å²) in [6.45, 7) is 2.84. The molecule has 27 heavy (non-hydrogen) atoms. The maximum absolute atomic E-state index is 6.24. The molecule has 0 aliphatic rings. The number of nitrogens with zero attached hydrogens (tertiary/aromatic N) is 2. The van der Waals surface area contributed by atoms with E-state index in [9.17, 15) is 0 Å². The smallest absolute Gasteiger partial charge is 0.203 e. The maximum Gasteiger partial charge on any atom is 0.203 e. The molecule has 1 aromatic heterocycles. The first kappa shape index (κ1) is 19.7. The minimum absolute atomic E-state index is 0.570. The second kappa shape index (κ2) is 9.74. The first-order chi connectivity index (χ1) is 13.2. The third-order valence-corrected chi connectivity index (χ3v) is 5.04. The number of para-hydroxylation sites is 1. The van der Waals surface area contributed by atoms with Crippen LogP contribution in [-0.4, -0.2) is 17.8 Å². The highest BCUT2D eigenvalue weighted by molar-refractivity contribution is 7.14. The second-order valence-electron chi connectivity index (χ2n) is 5.77. The molecule has 2 aromatic carbocycles. The normalized spacial score (nSPS) is 11.1. The summed E-state index contributed by atoms with van der Waals surface area (Å²) in [4.78, 5) is 4.52. The first-order valence-electron chi connectivity index (χ1n) is 8.59. The van der Waals surface area contributed by atoms with E-state index in [0.717, 1.165) is 35.4 Å². The number of hydrogen-bond acceptors (Lipinski definition) is 5. The largest absolute Gasteiger partial charge is 0.493 e. The van der Waals surface area contributed by atoms with Gasteiger partial charge in [0.1, 0.15) is 5.75 Å². The van der Waals surface area contributed by atoms with Gasteiger partial charge in [0.2, 0.25) is 5.13 Å². The number of hydrazone groups is 1. The molecule has 0 saturated heterocycles. The second-order valence-corrected chi connectivity index (χ2v) is 7.47. The highest BCUT2D eigenvalue weighted by atomic mass is 35.5. The van der Waals surface area contributed by atoms with E-state index in [1.807, 2.05) is 35.7 Å². The number of rotatable bonds is 8. The lowest BCUT2D eigenvalue weighted by Gasteiger charge is -2.07. The molecule has 0 unspecified atom stereocenters. The van der Waals surface area contributed by atoms with Crippen molar-refractivity contribution in [3.8, 4) is 17.0 Å². The quantitative estimate of drug-likeness (QED) is 0.249. The average Bonchev–Trinajstić information content (AvgIpc) is 3.12. The maximum atomic E-state index is 6.24. The van der Waals surface area contributed by atoms with Crippen molar-refractivity contribution in [3.63, 3.8) is 0 Å². The lowest BCUT2D eigenvalue weighted by molar-refractivity contribution is 0.309. The zero-order chi connectivity index (χ0) is 19.1. The molecule has 140 valence electrons. The highest BCUT2D eigenvalue weighted by Crippen LogP contribution is 2.32. The summed E-state index contributed by atoms with van der Waals surface area (Å²) >= 11 is 13.6. The van der Waals surface area contributed by atoms with Crippen molar-refractivity contribution in [2.75, 3.05) is 12.0 Å². The van der Waals surface area contributed by atoms with Crippen molar-refractivity contribution < 1.29 is 4.74 Å². The molecule has 3 aromatic rings. The van der Waals surface area contributed by atoms with Gasteiger partial charge in [0.15, 0.2) is 0 Å². The summed E-state index contributed by atoms with van der Waals surface area (Å²) in [6.07, 6.45) is 3.86. The lowest BCUT2D eigenvalue weighted by Crippen LogP contribution is -2.00. The molecule has 7 heteroatoms. The zero-order valence-electron chi connectivity index (χ0n) is 14.8. The summed E-state index contributed by atoms with van der Waals surface area (Å²) in [5.74, 6) is 0.823. The molecule has 0 amide bonds. The van der Waals surface area contributed by atoms with E-state index >= 15 is 0 Å². The number of thiazole rings is 1. The molecule has 0 fully saturated rings. The van der Waals surface area contributed by atoms with E-state index < -0.39 is 0 Å². The minimum atomic E-state index is 0.570. The Morgan fingerprint density at radius 3 is 2.89 bits per heavy atom. The van der Waals surface area contributed by atoms with Crippen molar-refractivity contribution in [3.05, 3.63) is 63.5 Å².